The maximum Gasteiger partial charge on any atom is 0.326 e. The highest BCUT2D eigenvalue weighted by Gasteiger charge is 2.40. The van der Waals surface area contributed by atoms with E-state index in [1.54, 1.807) is 0 Å². The topological polar surface area (TPSA) is 77.8 Å². The van der Waals surface area contributed by atoms with Crippen LogP contribution in [-0.2, 0) is 4.79 Å². The zero-order valence-corrected chi connectivity index (χ0v) is 11.3. The zero-order chi connectivity index (χ0) is 13.4. The highest BCUT2D eigenvalue weighted by Crippen LogP contribution is 2.33. The van der Waals surface area contributed by atoms with Crippen LogP contribution in [0.3, 0.4) is 0 Å². The molecule has 1 aromatic heterocycles. The number of aliphatic carboxylic acids is 1. The van der Waals surface area contributed by atoms with Crippen molar-refractivity contribution in [3.63, 3.8) is 0 Å². The molecule has 1 aromatic rings. The van der Waals surface area contributed by atoms with Crippen LogP contribution in [0.4, 0.5) is 0 Å². The molecular formula is C10H9Cl2NO4S. The summed E-state index contributed by atoms with van der Waals surface area (Å²) in [6.45, 7) is -0.0143. The quantitative estimate of drug-likeness (QED) is 0.872. The summed E-state index contributed by atoms with van der Waals surface area (Å²) in [5, 5.41) is 18.5. The average Bonchev–Trinajstić information content (AvgIpc) is 2.81. The number of aliphatic hydroxyl groups excluding tert-OH is 1. The van der Waals surface area contributed by atoms with Crippen LogP contribution in [0.5, 0.6) is 0 Å². The summed E-state index contributed by atoms with van der Waals surface area (Å²) in [5.74, 6) is -1.66. The summed E-state index contributed by atoms with van der Waals surface area (Å²) in [6, 6.07) is 0.378. The third-order valence-corrected chi connectivity index (χ3v) is 4.20. The van der Waals surface area contributed by atoms with Gasteiger partial charge >= 0.3 is 5.97 Å². The first-order chi connectivity index (χ1) is 8.40. The van der Waals surface area contributed by atoms with Crippen molar-refractivity contribution in [3.05, 3.63) is 20.3 Å². The van der Waals surface area contributed by atoms with Gasteiger partial charge in [0.1, 0.15) is 10.4 Å². The Morgan fingerprint density at radius 2 is 2.11 bits per heavy atom. The Morgan fingerprint density at radius 1 is 1.44 bits per heavy atom. The number of rotatable bonds is 2. The molecule has 0 aliphatic carbocycles. The van der Waals surface area contributed by atoms with E-state index < -0.39 is 24.0 Å². The lowest BCUT2D eigenvalue weighted by atomic mass is 10.2. The molecule has 0 saturated carbocycles. The highest BCUT2D eigenvalue weighted by molar-refractivity contribution is 7.20. The molecule has 1 fully saturated rings. The Bertz CT molecular complexity index is 504. The van der Waals surface area contributed by atoms with Gasteiger partial charge in [-0.15, -0.1) is 11.3 Å². The van der Waals surface area contributed by atoms with Gasteiger partial charge in [0.05, 0.1) is 16.0 Å². The summed E-state index contributed by atoms with van der Waals surface area (Å²) in [6.07, 6.45) is -0.806. The zero-order valence-electron chi connectivity index (χ0n) is 8.97. The van der Waals surface area contributed by atoms with E-state index in [0.29, 0.717) is 4.34 Å². The van der Waals surface area contributed by atoms with E-state index in [9.17, 15) is 14.7 Å². The molecule has 0 bridgehead atoms. The number of halogens is 2. The lowest BCUT2D eigenvalue weighted by Crippen LogP contribution is -2.40. The van der Waals surface area contributed by atoms with Crippen LogP contribution in [0.15, 0.2) is 6.07 Å². The van der Waals surface area contributed by atoms with E-state index in [-0.39, 0.29) is 22.9 Å². The minimum atomic E-state index is -1.14. The summed E-state index contributed by atoms with van der Waals surface area (Å²) < 4.78 is 0.575. The number of amides is 1. The van der Waals surface area contributed by atoms with Crippen LogP contribution in [0.25, 0.3) is 0 Å². The first kappa shape index (κ1) is 13.6. The van der Waals surface area contributed by atoms with Crippen molar-refractivity contribution in [1.82, 2.24) is 4.90 Å². The van der Waals surface area contributed by atoms with Crippen LogP contribution < -0.4 is 0 Å². The van der Waals surface area contributed by atoms with Gasteiger partial charge in [-0.25, -0.2) is 4.79 Å². The van der Waals surface area contributed by atoms with Crippen LogP contribution >= 0.6 is 34.5 Å². The SMILES string of the molecule is O=C(O)[C@@H]1C[C@H](O)CN1C(=O)c1cc(Cl)sc1Cl. The molecule has 1 aliphatic heterocycles. The molecule has 1 aliphatic rings. The first-order valence-corrected chi connectivity index (χ1v) is 6.64. The van der Waals surface area contributed by atoms with Gasteiger partial charge < -0.3 is 15.1 Å². The summed E-state index contributed by atoms with van der Waals surface area (Å²) >= 11 is 12.6. The molecular weight excluding hydrogens is 301 g/mol. The fourth-order valence-corrected chi connectivity index (χ4v) is 3.36. The Morgan fingerprint density at radius 3 is 2.61 bits per heavy atom. The summed E-state index contributed by atoms with van der Waals surface area (Å²) in [7, 11) is 0. The molecule has 2 N–H and O–H groups in total. The Balaban J connectivity index is 2.28. The first-order valence-electron chi connectivity index (χ1n) is 5.07. The molecule has 0 unspecified atom stereocenters. The number of aliphatic hydroxyl groups is 1. The van der Waals surface area contributed by atoms with Gasteiger partial charge in [0.25, 0.3) is 5.91 Å². The van der Waals surface area contributed by atoms with Gasteiger partial charge in [0.2, 0.25) is 0 Å². The Labute approximate surface area is 117 Å². The Kier molecular flexibility index (Phi) is 3.82. The second kappa shape index (κ2) is 5.05. The van der Waals surface area contributed by atoms with Crippen molar-refractivity contribution >= 4 is 46.4 Å². The minimum Gasteiger partial charge on any atom is -0.480 e. The number of carbonyl (C=O) groups excluding carboxylic acids is 1. The fraction of sp³-hybridized carbons (Fsp3) is 0.400. The molecule has 8 heteroatoms. The third-order valence-electron chi connectivity index (χ3n) is 2.71. The smallest absolute Gasteiger partial charge is 0.326 e. The van der Waals surface area contributed by atoms with Gasteiger partial charge in [-0.05, 0) is 6.07 Å². The second-order valence-electron chi connectivity index (χ2n) is 3.94. The number of carbonyl (C=O) groups is 2. The lowest BCUT2D eigenvalue weighted by molar-refractivity contribution is -0.141. The van der Waals surface area contributed by atoms with Gasteiger partial charge in [-0.3, -0.25) is 4.79 Å². The van der Waals surface area contributed by atoms with Crippen molar-refractivity contribution in [2.24, 2.45) is 0 Å². The average molecular weight is 310 g/mol. The van der Waals surface area contributed by atoms with Gasteiger partial charge in [-0.1, -0.05) is 23.2 Å². The second-order valence-corrected chi connectivity index (χ2v) is 6.22. The van der Waals surface area contributed by atoms with Crippen LogP contribution in [-0.4, -0.2) is 45.7 Å². The fourth-order valence-electron chi connectivity index (χ4n) is 1.91. The third kappa shape index (κ3) is 2.47. The minimum absolute atomic E-state index is 0.0143. The maximum atomic E-state index is 12.2. The number of nitrogens with zero attached hydrogens (tertiary/aromatic N) is 1. The van der Waals surface area contributed by atoms with Crippen molar-refractivity contribution in [2.45, 2.75) is 18.6 Å². The van der Waals surface area contributed by atoms with Crippen molar-refractivity contribution in [3.8, 4) is 0 Å². The Hall–Kier alpha value is -0.820. The standard InChI is InChI=1S/C10H9Cl2NO4S/c11-7-2-5(8(12)18-7)9(15)13-3-4(14)1-6(13)10(16)17/h2,4,6,14H,1,3H2,(H,16,17)/t4-,6-/m0/s1. The molecule has 0 aromatic carbocycles. The van der Waals surface area contributed by atoms with E-state index >= 15 is 0 Å². The normalized spacial score (nSPS) is 23.4. The maximum absolute atomic E-state index is 12.2. The molecule has 2 rings (SSSR count). The molecule has 98 valence electrons. The van der Waals surface area contributed by atoms with E-state index in [2.05, 4.69) is 0 Å². The number of carboxylic acid groups (broad SMARTS) is 1. The molecule has 0 radical (unpaired) electrons. The molecule has 5 nitrogen and oxygen atoms in total. The highest BCUT2D eigenvalue weighted by atomic mass is 35.5. The molecule has 2 atom stereocenters. The van der Waals surface area contributed by atoms with Crippen molar-refractivity contribution < 1.29 is 19.8 Å². The molecule has 1 amide bonds. The van der Waals surface area contributed by atoms with Crippen molar-refractivity contribution in [2.75, 3.05) is 6.54 Å². The van der Waals surface area contributed by atoms with Gasteiger partial charge in [0.15, 0.2) is 0 Å². The number of likely N-dealkylation sites (tertiary alicyclic amines) is 1. The molecule has 18 heavy (non-hydrogen) atoms. The van der Waals surface area contributed by atoms with Gasteiger partial charge in [-0.2, -0.15) is 0 Å². The van der Waals surface area contributed by atoms with Gasteiger partial charge in [0, 0.05) is 13.0 Å². The van der Waals surface area contributed by atoms with E-state index in [1.165, 1.54) is 6.07 Å². The largest absolute Gasteiger partial charge is 0.480 e. The predicted molar refractivity (Wildman–Crippen MR) is 67.4 cm³/mol. The number of β-amino-alcohol motifs (C(OH)–C–C–N with tert-alkyl or cyclic N) is 1. The number of hydrogen-bond acceptors (Lipinski definition) is 4. The summed E-state index contributed by atoms with van der Waals surface area (Å²) in [5.41, 5.74) is 0.173. The number of hydrogen-bond donors (Lipinski definition) is 2. The lowest BCUT2D eigenvalue weighted by Gasteiger charge is -2.20. The molecule has 0 spiro atoms. The van der Waals surface area contributed by atoms with E-state index in [1.807, 2.05) is 0 Å². The van der Waals surface area contributed by atoms with Crippen LogP contribution in [0.1, 0.15) is 16.8 Å². The van der Waals surface area contributed by atoms with E-state index in [4.69, 9.17) is 28.3 Å². The van der Waals surface area contributed by atoms with E-state index in [0.717, 1.165) is 16.2 Å². The molecule has 2 heterocycles. The molecule has 1 saturated heterocycles. The van der Waals surface area contributed by atoms with Crippen molar-refractivity contribution in [1.29, 1.82) is 0 Å². The number of carboxylic acids is 1. The summed E-state index contributed by atoms with van der Waals surface area (Å²) in [4.78, 5) is 24.3. The van der Waals surface area contributed by atoms with Crippen LogP contribution in [0, 0.1) is 0 Å². The predicted octanol–water partition coefficient (Wildman–Crippen LogP) is 1.71. The monoisotopic (exact) mass is 309 g/mol. The number of thiophene rings is 1. The van der Waals surface area contributed by atoms with Crippen LogP contribution in [0.2, 0.25) is 8.67 Å².